The van der Waals surface area contributed by atoms with Crippen LogP contribution in [0.1, 0.15) is 20.9 Å². The van der Waals surface area contributed by atoms with Crippen LogP contribution in [0.2, 0.25) is 0 Å². The van der Waals surface area contributed by atoms with Crippen LogP contribution in [0.3, 0.4) is 0 Å². The smallest absolute Gasteiger partial charge is 0.262 e. The summed E-state index contributed by atoms with van der Waals surface area (Å²) >= 11 is 1.54. The zero-order valence-corrected chi connectivity index (χ0v) is 20.7. The van der Waals surface area contributed by atoms with Gasteiger partial charge in [-0.2, -0.15) is 0 Å². The fourth-order valence-electron chi connectivity index (χ4n) is 4.30. The number of rotatable bonds is 5. The maximum Gasteiger partial charge on any atom is 0.262 e. The van der Waals surface area contributed by atoms with Crippen LogP contribution in [0.4, 0.5) is 0 Å². The van der Waals surface area contributed by atoms with Crippen LogP contribution in [0, 0.1) is 6.92 Å². The van der Waals surface area contributed by atoms with Gasteiger partial charge in [-0.1, -0.05) is 42.5 Å². The molecule has 2 N–H and O–H groups in total. The Balaban J connectivity index is 1.47. The number of aromatic nitrogens is 4. The third-order valence-electron chi connectivity index (χ3n) is 6.14. The Morgan fingerprint density at radius 1 is 0.973 bits per heavy atom. The number of benzene rings is 2. The van der Waals surface area contributed by atoms with Crippen LogP contribution in [-0.2, 0) is 6.54 Å². The van der Waals surface area contributed by atoms with E-state index in [0.29, 0.717) is 17.6 Å². The summed E-state index contributed by atoms with van der Waals surface area (Å²) in [7, 11) is 0. The Hall–Kier alpha value is -4.69. The lowest BCUT2D eigenvalue weighted by molar-refractivity contribution is 0.0949. The highest BCUT2D eigenvalue weighted by Crippen LogP contribution is 2.36. The van der Waals surface area contributed by atoms with Crippen molar-refractivity contribution in [1.29, 1.82) is 0 Å². The molecule has 4 aromatic heterocycles. The number of nitrogens with one attached hydrogen (secondary N) is 2. The molecule has 2 aromatic carbocycles. The van der Waals surface area contributed by atoms with Gasteiger partial charge >= 0.3 is 0 Å². The van der Waals surface area contributed by atoms with E-state index in [4.69, 9.17) is 4.98 Å². The average molecular weight is 504 g/mol. The molecule has 0 aliphatic carbocycles. The number of thiazole rings is 1. The molecule has 0 unspecified atom stereocenters. The first kappa shape index (κ1) is 22.8. The van der Waals surface area contributed by atoms with E-state index in [9.17, 15) is 9.59 Å². The second-order valence-corrected chi connectivity index (χ2v) is 9.89. The lowest BCUT2D eigenvalue weighted by Gasteiger charge is -2.12. The Kier molecular flexibility index (Phi) is 5.78. The van der Waals surface area contributed by atoms with Crippen molar-refractivity contribution in [3.63, 3.8) is 0 Å². The fourth-order valence-corrected chi connectivity index (χ4v) is 5.08. The molecule has 0 atom stereocenters. The molecule has 8 heteroatoms. The summed E-state index contributed by atoms with van der Waals surface area (Å²) < 4.78 is 0. The maximum absolute atomic E-state index is 12.9. The highest BCUT2D eigenvalue weighted by Gasteiger charge is 2.18. The highest BCUT2D eigenvalue weighted by atomic mass is 32.1. The third-order valence-corrected chi connectivity index (χ3v) is 7.06. The van der Waals surface area contributed by atoms with Gasteiger partial charge in [-0.3, -0.25) is 14.6 Å². The predicted octanol–water partition coefficient (Wildman–Crippen LogP) is 5.50. The number of hydrogen-bond donors (Lipinski definition) is 2. The largest absolute Gasteiger partial charge is 0.348 e. The summed E-state index contributed by atoms with van der Waals surface area (Å²) in [5, 5.41) is 5.43. The Labute approximate surface area is 215 Å². The number of pyridine rings is 3. The SMILES string of the molecule is Cc1ncc(-c2nc3[nH]c(=O)c(C(=O)NCc4ccccc4)cc3cc2-c2ccc3ncccc3c2)s1. The molecule has 6 rings (SSSR count). The van der Waals surface area contributed by atoms with Crippen LogP contribution < -0.4 is 10.9 Å². The summed E-state index contributed by atoms with van der Waals surface area (Å²) in [6, 6.07) is 23.1. The molecular weight excluding hydrogens is 482 g/mol. The van der Waals surface area contributed by atoms with Gasteiger partial charge < -0.3 is 10.3 Å². The Morgan fingerprint density at radius 3 is 2.65 bits per heavy atom. The van der Waals surface area contributed by atoms with E-state index >= 15 is 0 Å². The maximum atomic E-state index is 12.9. The second kappa shape index (κ2) is 9.40. The first-order valence-electron chi connectivity index (χ1n) is 11.7. The molecule has 0 spiro atoms. The predicted molar refractivity (Wildman–Crippen MR) is 147 cm³/mol. The van der Waals surface area contributed by atoms with Crippen molar-refractivity contribution in [2.75, 3.05) is 0 Å². The van der Waals surface area contributed by atoms with Gasteiger partial charge in [0.25, 0.3) is 11.5 Å². The van der Waals surface area contributed by atoms with Gasteiger partial charge in [0.2, 0.25) is 0 Å². The standard InChI is InChI=1S/C29H21N5O2S/c1-17-31-16-25(37-17)26-22(19-9-10-24-20(12-19)8-5-11-30-24)13-21-14-23(29(36)34-27(21)33-26)28(35)32-15-18-6-3-2-4-7-18/h2-14,16H,15H2,1H3,(H,32,35)(H,33,34,36). The molecule has 180 valence electrons. The number of aryl methyl sites for hydroxylation is 1. The normalized spacial score (nSPS) is 11.2. The van der Waals surface area contributed by atoms with Crippen molar-refractivity contribution in [1.82, 2.24) is 25.3 Å². The molecule has 0 radical (unpaired) electrons. The van der Waals surface area contributed by atoms with Crippen molar-refractivity contribution in [2.24, 2.45) is 0 Å². The molecular formula is C29H21N5O2S. The molecule has 7 nitrogen and oxygen atoms in total. The molecule has 1 amide bonds. The van der Waals surface area contributed by atoms with E-state index in [1.807, 2.05) is 67.6 Å². The van der Waals surface area contributed by atoms with Crippen molar-refractivity contribution < 1.29 is 4.79 Å². The minimum atomic E-state index is -0.485. The molecule has 0 saturated heterocycles. The first-order chi connectivity index (χ1) is 18.0. The van der Waals surface area contributed by atoms with Gasteiger partial charge in [-0.25, -0.2) is 9.97 Å². The van der Waals surface area contributed by atoms with Gasteiger partial charge in [0.1, 0.15) is 11.2 Å². The van der Waals surface area contributed by atoms with Crippen LogP contribution in [0.15, 0.2) is 90.0 Å². The lowest BCUT2D eigenvalue weighted by atomic mass is 9.99. The summed E-state index contributed by atoms with van der Waals surface area (Å²) in [5.74, 6) is -0.438. The van der Waals surface area contributed by atoms with Crippen molar-refractivity contribution in [3.05, 3.63) is 112 Å². The van der Waals surface area contributed by atoms with Gasteiger partial charge in [-0.15, -0.1) is 11.3 Å². The number of nitrogens with zero attached hydrogens (tertiary/aromatic N) is 3. The lowest BCUT2D eigenvalue weighted by Crippen LogP contribution is -2.29. The zero-order valence-electron chi connectivity index (χ0n) is 19.9. The van der Waals surface area contributed by atoms with E-state index < -0.39 is 11.5 Å². The molecule has 0 aliphatic heterocycles. The van der Waals surface area contributed by atoms with Crippen LogP contribution in [-0.4, -0.2) is 25.8 Å². The Morgan fingerprint density at radius 2 is 1.84 bits per heavy atom. The molecule has 4 heterocycles. The molecule has 6 aromatic rings. The molecule has 0 saturated carbocycles. The minimum absolute atomic E-state index is 0.0419. The van der Waals surface area contributed by atoms with Gasteiger partial charge in [0.05, 0.1) is 21.1 Å². The topological polar surface area (TPSA) is 101 Å². The average Bonchev–Trinajstić information content (AvgIpc) is 3.37. The third kappa shape index (κ3) is 4.50. The summed E-state index contributed by atoms with van der Waals surface area (Å²) in [5.41, 5.74) is 4.38. The van der Waals surface area contributed by atoms with E-state index in [2.05, 4.69) is 26.3 Å². The van der Waals surface area contributed by atoms with Crippen molar-refractivity contribution in [2.45, 2.75) is 13.5 Å². The van der Waals surface area contributed by atoms with E-state index in [1.54, 1.807) is 18.5 Å². The van der Waals surface area contributed by atoms with Crippen LogP contribution in [0.5, 0.6) is 0 Å². The monoisotopic (exact) mass is 503 g/mol. The fraction of sp³-hybridized carbons (Fsp3) is 0.0690. The van der Waals surface area contributed by atoms with Crippen LogP contribution >= 0.6 is 11.3 Å². The zero-order chi connectivity index (χ0) is 25.4. The summed E-state index contributed by atoms with van der Waals surface area (Å²) in [4.78, 5) is 43.1. The van der Waals surface area contributed by atoms with Crippen LogP contribution in [0.25, 0.3) is 43.6 Å². The Bertz CT molecular complexity index is 1840. The second-order valence-electron chi connectivity index (χ2n) is 8.66. The van der Waals surface area contributed by atoms with Crippen molar-refractivity contribution in [3.8, 4) is 21.7 Å². The number of H-pyrrole nitrogens is 1. The summed E-state index contributed by atoms with van der Waals surface area (Å²) in [6.45, 7) is 2.27. The number of fused-ring (bicyclic) bond motifs is 2. The van der Waals surface area contributed by atoms with Gasteiger partial charge in [-0.05, 0) is 48.4 Å². The number of aromatic amines is 1. The molecule has 37 heavy (non-hydrogen) atoms. The minimum Gasteiger partial charge on any atom is -0.348 e. The number of hydrogen-bond acceptors (Lipinski definition) is 6. The van der Waals surface area contributed by atoms with E-state index in [-0.39, 0.29) is 5.56 Å². The summed E-state index contributed by atoms with van der Waals surface area (Å²) in [6.07, 6.45) is 3.57. The van der Waals surface area contributed by atoms with E-state index in [0.717, 1.165) is 43.2 Å². The number of amides is 1. The van der Waals surface area contributed by atoms with Gasteiger partial charge in [0.15, 0.2) is 0 Å². The number of carbonyl (C=O) groups is 1. The highest BCUT2D eigenvalue weighted by molar-refractivity contribution is 7.15. The molecule has 0 aliphatic rings. The molecule has 0 fully saturated rings. The van der Waals surface area contributed by atoms with E-state index in [1.165, 1.54) is 11.3 Å². The molecule has 0 bridgehead atoms. The number of carbonyl (C=O) groups excluding carboxylic acids is 1. The quantitative estimate of drug-likeness (QED) is 0.324. The van der Waals surface area contributed by atoms with Gasteiger partial charge in [0, 0.05) is 35.3 Å². The van der Waals surface area contributed by atoms with Crippen molar-refractivity contribution >= 4 is 39.2 Å². The first-order valence-corrected chi connectivity index (χ1v) is 12.5.